The molecule has 38 heavy (non-hydrogen) atoms. The van der Waals surface area contributed by atoms with Gasteiger partial charge in [0.25, 0.3) is 0 Å². The van der Waals surface area contributed by atoms with Gasteiger partial charge in [0.05, 0.1) is 22.5 Å². The van der Waals surface area contributed by atoms with Gasteiger partial charge in [0.15, 0.2) is 5.82 Å². The van der Waals surface area contributed by atoms with Crippen LogP contribution in [0.15, 0.2) is 49.3 Å². The Labute approximate surface area is 222 Å². The summed E-state index contributed by atoms with van der Waals surface area (Å²) < 4.78 is 2.05. The highest BCUT2D eigenvalue weighted by Gasteiger charge is 2.48. The van der Waals surface area contributed by atoms with Crippen LogP contribution in [0.2, 0.25) is 5.02 Å². The molecule has 3 fully saturated rings. The summed E-state index contributed by atoms with van der Waals surface area (Å²) in [5.74, 6) is -0.384. The molecule has 2 atom stereocenters. The van der Waals surface area contributed by atoms with Crippen LogP contribution >= 0.6 is 11.6 Å². The number of aliphatic carboxylic acids is 1. The van der Waals surface area contributed by atoms with E-state index in [4.69, 9.17) is 21.6 Å². The highest BCUT2D eigenvalue weighted by Crippen LogP contribution is 2.52. The molecule has 8 rings (SSSR count). The monoisotopic (exact) mass is 523 g/mol. The van der Waals surface area contributed by atoms with Crippen molar-refractivity contribution >= 4 is 39.6 Å². The molecule has 0 amide bonds. The van der Waals surface area contributed by atoms with E-state index in [0.717, 1.165) is 53.1 Å². The van der Waals surface area contributed by atoms with Gasteiger partial charge in [-0.05, 0) is 49.7 Å². The molecule has 188 valence electrons. The SMILES string of the molecule is N#Cc1cnccc1-c1cn([C@@H]2C3CCC(CC3)[C@H]2C(=O)O)c2nc(-c3c[nH]c4ncc(Cl)cc34)ncc12. The lowest BCUT2D eigenvalue weighted by Crippen LogP contribution is -2.44. The number of hydrogen-bond donors (Lipinski definition) is 2. The molecule has 5 aromatic rings. The number of pyridine rings is 2. The summed E-state index contributed by atoms with van der Waals surface area (Å²) in [5, 5.41) is 22.1. The van der Waals surface area contributed by atoms with Crippen molar-refractivity contribution in [1.82, 2.24) is 29.5 Å². The number of nitrogens with one attached hydrogen (secondary N) is 1. The van der Waals surface area contributed by atoms with Crippen LogP contribution in [0.4, 0.5) is 0 Å². The number of rotatable bonds is 4. The smallest absolute Gasteiger partial charge is 0.308 e. The molecular formula is C28H22ClN7O2. The number of carboxylic acids is 1. The maximum Gasteiger partial charge on any atom is 0.308 e. The molecule has 0 aromatic carbocycles. The van der Waals surface area contributed by atoms with E-state index in [1.165, 1.54) is 0 Å². The number of nitrogens with zero attached hydrogens (tertiary/aromatic N) is 6. The molecule has 0 aliphatic heterocycles. The third kappa shape index (κ3) is 3.41. The minimum Gasteiger partial charge on any atom is -0.481 e. The van der Waals surface area contributed by atoms with E-state index >= 15 is 0 Å². The summed E-state index contributed by atoms with van der Waals surface area (Å²) in [6, 6.07) is 5.63. The molecule has 3 aliphatic carbocycles. The first kappa shape index (κ1) is 22.9. The predicted molar refractivity (Wildman–Crippen MR) is 141 cm³/mol. The van der Waals surface area contributed by atoms with Crippen molar-refractivity contribution in [2.45, 2.75) is 31.7 Å². The minimum absolute atomic E-state index is 0.141. The van der Waals surface area contributed by atoms with Gasteiger partial charge in [-0.3, -0.25) is 9.78 Å². The Morgan fingerprint density at radius 3 is 2.68 bits per heavy atom. The molecule has 0 unspecified atom stereocenters. The Morgan fingerprint density at radius 2 is 1.89 bits per heavy atom. The normalized spacial score (nSPS) is 22.6. The number of carboxylic acid groups (broad SMARTS) is 1. The lowest BCUT2D eigenvalue weighted by atomic mass is 9.61. The van der Waals surface area contributed by atoms with E-state index in [-0.39, 0.29) is 17.9 Å². The topological polar surface area (TPSA) is 133 Å². The summed E-state index contributed by atoms with van der Waals surface area (Å²) in [6.45, 7) is 0. The number of fused-ring (bicyclic) bond motifs is 5. The Balaban J connectivity index is 1.49. The minimum atomic E-state index is -0.763. The van der Waals surface area contributed by atoms with E-state index in [2.05, 4.69) is 21.0 Å². The van der Waals surface area contributed by atoms with Crippen LogP contribution in [-0.2, 0) is 4.79 Å². The molecule has 5 heterocycles. The summed E-state index contributed by atoms with van der Waals surface area (Å²) in [4.78, 5) is 33.9. The Morgan fingerprint density at radius 1 is 1.08 bits per heavy atom. The lowest BCUT2D eigenvalue weighted by Gasteiger charge is -2.47. The van der Waals surface area contributed by atoms with Gasteiger partial charge in [0.2, 0.25) is 0 Å². The highest BCUT2D eigenvalue weighted by molar-refractivity contribution is 6.31. The number of aromatic amines is 1. The second-order valence-electron chi connectivity index (χ2n) is 10.2. The zero-order valence-corrected chi connectivity index (χ0v) is 20.9. The number of carbonyl (C=O) groups is 1. The molecule has 3 saturated carbocycles. The average Bonchev–Trinajstić information content (AvgIpc) is 3.54. The Bertz CT molecular complexity index is 1780. The molecule has 5 aromatic heterocycles. The number of nitriles is 1. The third-order valence-corrected chi connectivity index (χ3v) is 8.53. The molecule has 3 aliphatic rings. The Kier molecular flexibility index (Phi) is 5.20. The molecule has 2 bridgehead atoms. The van der Waals surface area contributed by atoms with E-state index in [1.807, 2.05) is 23.0 Å². The highest BCUT2D eigenvalue weighted by atomic mass is 35.5. The summed E-state index contributed by atoms with van der Waals surface area (Å²) >= 11 is 6.23. The molecule has 9 nitrogen and oxygen atoms in total. The van der Waals surface area contributed by atoms with Crippen molar-refractivity contribution in [1.29, 1.82) is 5.26 Å². The van der Waals surface area contributed by atoms with Crippen LogP contribution < -0.4 is 0 Å². The summed E-state index contributed by atoms with van der Waals surface area (Å²) in [6.07, 6.45) is 14.2. The van der Waals surface area contributed by atoms with E-state index in [1.54, 1.807) is 30.9 Å². The number of halogens is 1. The molecule has 0 spiro atoms. The largest absolute Gasteiger partial charge is 0.481 e. The van der Waals surface area contributed by atoms with Crippen molar-refractivity contribution < 1.29 is 9.90 Å². The van der Waals surface area contributed by atoms with Gasteiger partial charge in [-0.15, -0.1) is 0 Å². The van der Waals surface area contributed by atoms with Gasteiger partial charge >= 0.3 is 5.97 Å². The average molecular weight is 524 g/mol. The second-order valence-corrected chi connectivity index (χ2v) is 10.6. The van der Waals surface area contributed by atoms with Gasteiger partial charge < -0.3 is 14.7 Å². The van der Waals surface area contributed by atoms with Gasteiger partial charge in [-0.1, -0.05) is 11.6 Å². The van der Waals surface area contributed by atoms with E-state index in [0.29, 0.717) is 27.7 Å². The first-order valence-corrected chi connectivity index (χ1v) is 13.0. The maximum atomic E-state index is 12.6. The maximum absolute atomic E-state index is 12.6. The Hall–Kier alpha value is -4.29. The summed E-state index contributed by atoms with van der Waals surface area (Å²) in [5.41, 5.74) is 4.04. The molecule has 2 N–H and O–H groups in total. The van der Waals surface area contributed by atoms with Crippen LogP contribution in [-0.4, -0.2) is 40.6 Å². The van der Waals surface area contributed by atoms with Gasteiger partial charge in [0.1, 0.15) is 17.4 Å². The quantitative estimate of drug-likeness (QED) is 0.312. The van der Waals surface area contributed by atoms with Crippen molar-refractivity contribution in [3.8, 4) is 28.6 Å². The van der Waals surface area contributed by atoms with Crippen LogP contribution in [0.1, 0.15) is 37.3 Å². The first-order valence-electron chi connectivity index (χ1n) is 12.6. The zero-order chi connectivity index (χ0) is 26.0. The van der Waals surface area contributed by atoms with Crippen molar-refractivity contribution in [2.75, 3.05) is 0 Å². The predicted octanol–water partition coefficient (Wildman–Crippen LogP) is 5.62. The standard InChI is InChI=1S/C28H22ClN7O2/c29-17-7-19-20(11-33-25(19)32-10-17)26-34-12-21-22(18-5-6-31-9-16(18)8-30)13-36(27(21)35-26)24-15-3-1-14(2-4-15)23(24)28(37)38/h5-7,9-15,23-24H,1-4H2,(H,32,33)(H,37,38)/t14?,15?,23-,24-/m1/s1. The van der Waals surface area contributed by atoms with Gasteiger partial charge in [0, 0.05) is 64.6 Å². The van der Waals surface area contributed by atoms with Crippen molar-refractivity contribution in [2.24, 2.45) is 17.8 Å². The molecule has 10 heteroatoms. The number of aromatic nitrogens is 6. The lowest BCUT2D eigenvalue weighted by molar-refractivity contribution is -0.151. The van der Waals surface area contributed by atoms with Crippen molar-refractivity contribution in [3.05, 3.63) is 59.9 Å². The first-order chi connectivity index (χ1) is 18.5. The summed E-state index contributed by atoms with van der Waals surface area (Å²) in [7, 11) is 0. The van der Waals surface area contributed by atoms with Crippen LogP contribution in [0, 0.1) is 29.1 Å². The fourth-order valence-corrected chi connectivity index (χ4v) is 6.81. The number of hydrogen-bond acceptors (Lipinski definition) is 6. The molecule has 0 saturated heterocycles. The van der Waals surface area contributed by atoms with Gasteiger partial charge in [-0.2, -0.15) is 5.26 Å². The fraction of sp³-hybridized carbons (Fsp3) is 0.286. The van der Waals surface area contributed by atoms with E-state index in [9.17, 15) is 15.2 Å². The fourth-order valence-electron chi connectivity index (χ4n) is 6.65. The van der Waals surface area contributed by atoms with E-state index < -0.39 is 11.9 Å². The third-order valence-electron chi connectivity index (χ3n) is 8.32. The van der Waals surface area contributed by atoms with Crippen LogP contribution in [0.3, 0.4) is 0 Å². The van der Waals surface area contributed by atoms with Crippen LogP contribution in [0.5, 0.6) is 0 Å². The zero-order valence-electron chi connectivity index (χ0n) is 20.2. The number of H-pyrrole nitrogens is 1. The van der Waals surface area contributed by atoms with Crippen LogP contribution in [0.25, 0.3) is 44.6 Å². The second kappa shape index (κ2) is 8.64. The molecular weight excluding hydrogens is 502 g/mol. The van der Waals surface area contributed by atoms with Gasteiger partial charge in [-0.25, -0.2) is 15.0 Å². The van der Waals surface area contributed by atoms with Crippen molar-refractivity contribution in [3.63, 3.8) is 0 Å². The molecule has 0 radical (unpaired) electrons.